The number of hydrogen-bond donors (Lipinski definition) is 1. The normalized spacial score (nSPS) is 26.5. The van der Waals surface area contributed by atoms with Crippen LogP contribution >= 0.6 is 0 Å². The average Bonchev–Trinajstić information content (AvgIpc) is 2.71. The van der Waals surface area contributed by atoms with Crippen LogP contribution in [0.5, 0.6) is 0 Å². The fourth-order valence-electron chi connectivity index (χ4n) is 4.15. The third-order valence-corrected chi connectivity index (χ3v) is 5.60. The molecule has 7 nitrogen and oxygen atoms in total. The van der Waals surface area contributed by atoms with E-state index in [4.69, 9.17) is 10.1 Å². The van der Waals surface area contributed by atoms with Gasteiger partial charge in [0.15, 0.2) is 0 Å². The molecule has 30 heavy (non-hydrogen) atoms. The first-order valence-corrected chi connectivity index (χ1v) is 9.64. The summed E-state index contributed by atoms with van der Waals surface area (Å²) in [6.07, 6.45) is -1.24. The topological polar surface area (TPSA) is 74.5 Å². The Hall–Kier alpha value is -2.69. The molecule has 0 spiro atoms. The van der Waals surface area contributed by atoms with Crippen LogP contribution in [-0.2, 0) is 11.3 Å². The molecule has 1 fully saturated rings. The summed E-state index contributed by atoms with van der Waals surface area (Å²) in [5.74, 6) is -0.618. The molecule has 1 N–H and O–H groups in total. The minimum absolute atomic E-state index is 0.0761. The number of ether oxygens (including phenoxy) is 1. The lowest BCUT2D eigenvalue weighted by Crippen LogP contribution is -2.54. The molecule has 3 aliphatic heterocycles. The lowest BCUT2D eigenvalue weighted by molar-refractivity contribution is -0.152. The first-order valence-electron chi connectivity index (χ1n) is 9.64. The molecule has 4 heterocycles. The number of anilines is 2. The van der Waals surface area contributed by atoms with Crippen LogP contribution in [0.2, 0.25) is 0 Å². The van der Waals surface area contributed by atoms with Gasteiger partial charge in [0.05, 0.1) is 25.5 Å². The van der Waals surface area contributed by atoms with E-state index in [2.05, 4.69) is 4.98 Å². The van der Waals surface area contributed by atoms with Gasteiger partial charge in [-0.2, -0.15) is 18.2 Å². The molecule has 0 radical (unpaired) electrons. The largest absolute Gasteiger partial charge is 0.408 e. The molecule has 0 unspecified atom stereocenters. The number of rotatable bonds is 2. The summed E-state index contributed by atoms with van der Waals surface area (Å²) >= 11 is 0. The van der Waals surface area contributed by atoms with Gasteiger partial charge in [-0.15, -0.1) is 0 Å². The van der Waals surface area contributed by atoms with Crippen molar-refractivity contribution in [3.8, 4) is 0 Å². The van der Waals surface area contributed by atoms with Crippen molar-refractivity contribution in [3.63, 3.8) is 0 Å². The molecule has 2 atom stereocenters. The van der Waals surface area contributed by atoms with E-state index in [0.717, 1.165) is 11.0 Å². The summed E-state index contributed by atoms with van der Waals surface area (Å²) in [6, 6.07) is -0.678. The Balaban J connectivity index is 1.89. The molecule has 1 aromatic heterocycles. The quantitative estimate of drug-likeness (QED) is 0.580. The van der Waals surface area contributed by atoms with Crippen LogP contribution in [0.1, 0.15) is 12.8 Å². The average molecular weight is 427 g/mol. The van der Waals surface area contributed by atoms with Crippen molar-refractivity contribution in [1.82, 2.24) is 9.55 Å². The molecule has 11 heteroatoms. The van der Waals surface area contributed by atoms with Crippen molar-refractivity contribution < 1.29 is 22.3 Å². The van der Waals surface area contributed by atoms with E-state index in [1.807, 2.05) is 4.90 Å². The summed E-state index contributed by atoms with van der Waals surface area (Å²) in [5, 5.41) is 7.06. The number of morpholine rings is 1. The molecule has 4 rings (SSSR count). The van der Waals surface area contributed by atoms with E-state index < -0.39 is 23.6 Å². The highest BCUT2D eigenvalue weighted by atomic mass is 19.4. The van der Waals surface area contributed by atoms with Crippen LogP contribution < -0.4 is 15.4 Å². The molecule has 162 valence electrons. The monoisotopic (exact) mass is 427 g/mol. The third-order valence-electron chi connectivity index (χ3n) is 5.60. The Morgan fingerprint density at radius 1 is 1.30 bits per heavy atom. The van der Waals surface area contributed by atoms with Crippen molar-refractivity contribution in [3.05, 3.63) is 40.0 Å². The third kappa shape index (κ3) is 3.85. The van der Waals surface area contributed by atoms with Crippen LogP contribution in [0.4, 0.5) is 29.3 Å². The van der Waals surface area contributed by atoms with Gasteiger partial charge in [-0.05, 0) is 24.5 Å². The Morgan fingerprint density at radius 3 is 2.83 bits per heavy atom. The number of aromatic nitrogens is 2. The highest BCUT2D eigenvalue weighted by Crippen LogP contribution is 2.36. The molecule has 0 aromatic carbocycles. The number of halogens is 4. The van der Waals surface area contributed by atoms with Crippen molar-refractivity contribution >= 4 is 18.0 Å². The van der Waals surface area contributed by atoms with E-state index in [-0.39, 0.29) is 37.1 Å². The Kier molecular flexibility index (Phi) is 5.39. The lowest BCUT2D eigenvalue weighted by Gasteiger charge is -2.42. The summed E-state index contributed by atoms with van der Waals surface area (Å²) in [5.41, 5.74) is -0.135. The van der Waals surface area contributed by atoms with Gasteiger partial charge in [0.2, 0.25) is 5.95 Å². The highest BCUT2D eigenvalue weighted by Gasteiger charge is 2.47. The fourth-order valence-corrected chi connectivity index (χ4v) is 4.15. The smallest absolute Gasteiger partial charge is 0.377 e. The minimum Gasteiger partial charge on any atom is -0.377 e. The maximum atomic E-state index is 13.8. The summed E-state index contributed by atoms with van der Waals surface area (Å²) < 4.78 is 62.0. The zero-order chi connectivity index (χ0) is 21.5. The molecular weight excluding hydrogens is 406 g/mol. The van der Waals surface area contributed by atoms with Crippen LogP contribution in [0, 0.1) is 5.41 Å². The number of nitrogens with zero attached hydrogens (tertiary/aromatic N) is 4. The van der Waals surface area contributed by atoms with Gasteiger partial charge in [0.25, 0.3) is 5.56 Å². The number of alkyl halides is 3. The second-order valence-electron chi connectivity index (χ2n) is 7.49. The van der Waals surface area contributed by atoms with Gasteiger partial charge in [0, 0.05) is 25.7 Å². The van der Waals surface area contributed by atoms with Crippen LogP contribution in [0.3, 0.4) is 0 Å². The molecular formula is C19H21F4N5O2. The highest BCUT2D eigenvalue weighted by molar-refractivity contribution is 5.73. The van der Waals surface area contributed by atoms with Crippen molar-refractivity contribution in [1.29, 1.82) is 5.41 Å². The molecule has 0 saturated carbocycles. The van der Waals surface area contributed by atoms with Crippen LogP contribution in [0.15, 0.2) is 34.4 Å². The van der Waals surface area contributed by atoms with Crippen LogP contribution in [0.25, 0.3) is 0 Å². The molecule has 0 amide bonds. The number of nitrogens with one attached hydrogen (secondary N) is 1. The molecule has 1 saturated heterocycles. The lowest BCUT2D eigenvalue weighted by atomic mass is 10.0. The van der Waals surface area contributed by atoms with Gasteiger partial charge in [-0.3, -0.25) is 9.36 Å². The second-order valence-corrected chi connectivity index (χ2v) is 7.49. The molecule has 2 bridgehead atoms. The summed E-state index contributed by atoms with van der Waals surface area (Å²) in [7, 11) is 0. The number of fused-ring (bicyclic) bond motifs is 3. The Labute approximate surface area is 169 Å². The maximum absolute atomic E-state index is 13.8. The number of hydrogen-bond acceptors (Lipinski definition) is 6. The summed E-state index contributed by atoms with van der Waals surface area (Å²) in [4.78, 5) is 20.0. The van der Waals surface area contributed by atoms with E-state index in [1.165, 1.54) is 10.6 Å². The van der Waals surface area contributed by atoms with Gasteiger partial charge in [-0.25, -0.2) is 4.39 Å². The predicted octanol–water partition coefficient (Wildman–Crippen LogP) is 2.42. The maximum Gasteiger partial charge on any atom is 0.408 e. The Morgan fingerprint density at radius 2 is 2.10 bits per heavy atom. The fraction of sp³-hybridized carbons (Fsp3) is 0.526. The van der Waals surface area contributed by atoms with Gasteiger partial charge in [-0.1, -0.05) is 6.08 Å². The number of allylic oxidation sites excluding steroid dienone is 1. The standard InChI is InChI=1S/C19H21F4N5O2/c20-13(9-24)7-12-1-2-14-11-30-6-5-26(14)16-8-17(29)27-4-3-15(19(21,22)23)28(10-12)18(27)25-16/h1,7-9,14-15,24H,2-6,10-11H2/b12-1+,13-7+,24-9?/t14-,15+/m1/s1. The zero-order valence-electron chi connectivity index (χ0n) is 16.0. The minimum atomic E-state index is -4.54. The summed E-state index contributed by atoms with van der Waals surface area (Å²) in [6.45, 7) is 0.824. The van der Waals surface area contributed by atoms with Gasteiger partial charge in [0.1, 0.15) is 17.7 Å². The zero-order valence-corrected chi connectivity index (χ0v) is 16.0. The van der Waals surface area contributed by atoms with Crippen LogP contribution in [-0.4, -0.2) is 60.3 Å². The Bertz CT molecular complexity index is 955. The predicted molar refractivity (Wildman–Crippen MR) is 103 cm³/mol. The van der Waals surface area contributed by atoms with E-state index in [0.29, 0.717) is 38.2 Å². The van der Waals surface area contributed by atoms with E-state index >= 15 is 0 Å². The SMILES string of the molecule is N=C/C(F)=C\C1=C/C[C@@H]2COCCN2c2cc(=O)n3c(n2)N(C1)[C@H](C(F)(F)F)CC3. The molecule has 0 aliphatic carbocycles. The van der Waals surface area contributed by atoms with Crippen molar-refractivity contribution in [2.75, 3.05) is 36.1 Å². The van der Waals surface area contributed by atoms with E-state index in [9.17, 15) is 22.4 Å². The first kappa shape index (κ1) is 20.6. The molecule has 1 aromatic rings. The first-order chi connectivity index (χ1) is 14.3. The van der Waals surface area contributed by atoms with Gasteiger partial charge >= 0.3 is 6.18 Å². The van der Waals surface area contributed by atoms with Gasteiger partial charge < -0.3 is 19.9 Å². The second kappa shape index (κ2) is 7.86. The molecule has 3 aliphatic rings. The van der Waals surface area contributed by atoms with Crippen molar-refractivity contribution in [2.45, 2.75) is 37.6 Å². The van der Waals surface area contributed by atoms with Crippen molar-refractivity contribution in [2.24, 2.45) is 0 Å². The van der Waals surface area contributed by atoms with E-state index in [1.54, 1.807) is 6.08 Å².